The Morgan fingerprint density at radius 1 is 1.04 bits per heavy atom. The first kappa shape index (κ1) is 56.9. The minimum atomic E-state index is -0.780. The molecule has 412 valence electrons. The Hall–Kier alpha value is -7.32. The third kappa shape index (κ3) is 12.3. The SMILES string of the molecule is C#Cc1c(F)ccc2cc(O)cc(-c3ncc4c(N5CC6CCC(C5)N6)nc(OCC56CCC(COCC(COc7cccc(C=O)c7C=O)OCCNC)N5CC(=C)C6)nc4c3F)c12.C=O.CN(C)C1CCC(=O)NC1=O. The van der Waals surface area contributed by atoms with Crippen molar-refractivity contribution in [1.29, 1.82) is 0 Å². The number of carbonyl (C=O) groups is 5. The van der Waals surface area contributed by atoms with Gasteiger partial charge in [-0.05, 0) is 89.3 Å². The number of benzene rings is 3. The summed E-state index contributed by atoms with van der Waals surface area (Å²) in [6, 6.07) is 10.8. The molecule has 78 heavy (non-hydrogen) atoms. The van der Waals surface area contributed by atoms with E-state index in [9.17, 15) is 24.3 Å². The highest BCUT2D eigenvalue weighted by atomic mass is 19.1. The summed E-state index contributed by atoms with van der Waals surface area (Å²) in [4.78, 5) is 73.6. The molecule has 5 saturated heterocycles. The molecule has 0 spiro atoms. The van der Waals surface area contributed by atoms with E-state index in [0.29, 0.717) is 93.6 Å². The number of anilines is 1. The van der Waals surface area contributed by atoms with Crippen molar-refractivity contribution in [1.82, 2.24) is 40.7 Å². The van der Waals surface area contributed by atoms with E-state index in [1.165, 1.54) is 30.5 Å². The number of rotatable bonds is 19. The molecule has 6 atom stereocenters. The maximum absolute atomic E-state index is 17.2. The second-order valence-electron chi connectivity index (χ2n) is 20.3. The van der Waals surface area contributed by atoms with Crippen LogP contribution in [0.25, 0.3) is 32.9 Å². The molecule has 7 heterocycles. The smallest absolute Gasteiger partial charge is 0.319 e. The van der Waals surface area contributed by atoms with Crippen LogP contribution in [-0.4, -0.2) is 177 Å². The fourth-order valence-electron chi connectivity index (χ4n) is 11.3. The van der Waals surface area contributed by atoms with Gasteiger partial charge in [0.05, 0.1) is 47.9 Å². The maximum Gasteiger partial charge on any atom is 0.319 e. The first-order chi connectivity index (χ1) is 37.7. The number of phenolic OH excluding ortho intramolecular Hbond substituents is 1. The van der Waals surface area contributed by atoms with Crippen molar-refractivity contribution in [2.45, 2.75) is 80.8 Å². The van der Waals surface area contributed by atoms with Crippen molar-refractivity contribution in [3.63, 3.8) is 0 Å². The molecule has 2 bridgehead atoms. The number of aldehydes is 2. The second kappa shape index (κ2) is 25.4. The summed E-state index contributed by atoms with van der Waals surface area (Å²) in [5.41, 5.74) is 0.954. The van der Waals surface area contributed by atoms with E-state index in [2.05, 4.69) is 43.2 Å². The molecule has 5 aliphatic heterocycles. The van der Waals surface area contributed by atoms with Gasteiger partial charge in [-0.1, -0.05) is 36.3 Å². The number of phenols is 1. The highest BCUT2D eigenvalue weighted by Crippen LogP contribution is 2.45. The molecule has 21 heteroatoms. The van der Waals surface area contributed by atoms with Crippen LogP contribution in [-0.2, 0) is 23.9 Å². The maximum atomic E-state index is 17.2. The molecule has 19 nitrogen and oxygen atoms in total. The standard InChI is InChI=1S/C49H51F2N7O7.C7H12N2O2.CH2O/c1-4-37-41(50)11-8-30-16-35(61)17-38(43(30)37)45-44(51)46-39(19-53-45)47(57-21-32-9-10-33(22-57)54-32)56-48(55-46)65-28-49-13-12-34(58(49)20-29(2)18-49)25-62-26-36(63-15-14-52-3)27-64-42-7-5-6-31(23-59)40(42)24-60;1-9(2)5-3-4-6(10)8-7(5)11;1-2/h1,5-8,11,16-17,19,23-24,32-34,36,52,54,61H,2,9-10,12-15,18,20-22,25-28H2,3H3;5H,3-4H2,1-2H3,(H,8,10,11);1H2. The van der Waals surface area contributed by atoms with E-state index in [-0.39, 0.29) is 106 Å². The van der Waals surface area contributed by atoms with Crippen LogP contribution in [0.1, 0.15) is 71.2 Å². The van der Waals surface area contributed by atoms with Gasteiger partial charge in [0.15, 0.2) is 18.4 Å². The average Bonchev–Trinajstić information content (AvgIpc) is 4.08. The van der Waals surface area contributed by atoms with Crippen LogP contribution >= 0.6 is 0 Å². The molecule has 2 aromatic heterocycles. The van der Waals surface area contributed by atoms with Gasteiger partial charge in [0.1, 0.15) is 60.5 Å². The fraction of sp³-hybridized carbons (Fsp3) is 0.439. The number of piperazine rings is 1. The lowest BCUT2D eigenvalue weighted by Gasteiger charge is -2.35. The van der Waals surface area contributed by atoms with E-state index in [0.717, 1.165) is 31.3 Å². The molecular formula is C57H65F2N9O10. The molecule has 0 saturated carbocycles. The van der Waals surface area contributed by atoms with Gasteiger partial charge in [-0.25, -0.2) is 8.78 Å². The molecule has 6 unspecified atom stereocenters. The molecular weight excluding hydrogens is 1010 g/mol. The number of nitrogens with one attached hydrogen (secondary N) is 3. The topological polar surface area (TPSA) is 227 Å². The fourth-order valence-corrected chi connectivity index (χ4v) is 11.3. The van der Waals surface area contributed by atoms with Gasteiger partial charge in [0.2, 0.25) is 11.8 Å². The number of imide groups is 1. The molecule has 4 N–H and O–H groups in total. The van der Waals surface area contributed by atoms with Crippen LogP contribution in [0.5, 0.6) is 17.5 Å². The number of aromatic hydroxyl groups is 1. The summed E-state index contributed by atoms with van der Waals surface area (Å²) in [7, 11) is 5.50. The van der Waals surface area contributed by atoms with Crippen LogP contribution in [0.4, 0.5) is 14.6 Å². The lowest BCUT2D eigenvalue weighted by molar-refractivity contribution is -0.136. The largest absolute Gasteiger partial charge is 0.508 e. The second-order valence-corrected chi connectivity index (χ2v) is 20.3. The van der Waals surface area contributed by atoms with Crippen molar-refractivity contribution in [3.8, 4) is 41.1 Å². The number of fused-ring (bicyclic) bond motifs is 5. The summed E-state index contributed by atoms with van der Waals surface area (Å²) in [5, 5.41) is 20.8. The number of terminal acetylenes is 1. The van der Waals surface area contributed by atoms with E-state index >= 15 is 8.78 Å². The Kier molecular flexibility index (Phi) is 18.5. The zero-order chi connectivity index (χ0) is 55.7. The summed E-state index contributed by atoms with van der Waals surface area (Å²) in [6.07, 6.45) is 13.5. The number of likely N-dealkylation sites (N-methyl/N-ethyl adjacent to an activating group) is 2. The van der Waals surface area contributed by atoms with Crippen LogP contribution in [0.2, 0.25) is 0 Å². The zero-order valence-corrected chi connectivity index (χ0v) is 44.0. The average molecular weight is 1070 g/mol. The van der Waals surface area contributed by atoms with E-state index in [1.807, 2.05) is 32.8 Å². The minimum absolute atomic E-state index is 0.00932. The number of ether oxygens (including phenoxy) is 4. The predicted molar refractivity (Wildman–Crippen MR) is 288 cm³/mol. The van der Waals surface area contributed by atoms with Crippen LogP contribution in [0.3, 0.4) is 0 Å². The Bertz CT molecular complexity index is 3090. The number of nitrogens with zero attached hydrogens (tertiary/aromatic N) is 6. The molecule has 5 aliphatic rings. The van der Waals surface area contributed by atoms with Gasteiger partial charge in [0, 0.05) is 73.4 Å². The molecule has 5 aromatic rings. The third-order valence-electron chi connectivity index (χ3n) is 15.0. The third-order valence-corrected chi connectivity index (χ3v) is 15.0. The first-order valence-corrected chi connectivity index (χ1v) is 25.9. The molecule has 2 amide bonds. The van der Waals surface area contributed by atoms with Crippen LogP contribution in [0, 0.1) is 24.0 Å². The zero-order valence-electron chi connectivity index (χ0n) is 44.0. The van der Waals surface area contributed by atoms with Crippen molar-refractivity contribution in [3.05, 3.63) is 89.1 Å². The van der Waals surface area contributed by atoms with E-state index in [4.69, 9.17) is 40.1 Å². The minimum Gasteiger partial charge on any atom is -0.508 e. The summed E-state index contributed by atoms with van der Waals surface area (Å²) in [6.45, 7) is 10.3. The number of amides is 2. The van der Waals surface area contributed by atoms with Crippen molar-refractivity contribution in [2.24, 2.45) is 0 Å². The van der Waals surface area contributed by atoms with Gasteiger partial charge in [0.25, 0.3) is 0 Å². The molecule has 10 rings (SSSR count). The van der Waals surface area contributed by atoms with E-state index < -0.39 is 23.3 Å². The molecule has 0 aliphatic carbocycles. The summed E-state index contributed by atoms with van der Waals surface area (Å²) < 4.78 is 57.2. The van der Waals surface area contributed by atoms with Crippen molar-refractivity contribution in [2.75, 3.05) is 85.3 Å². The summed E-state index contributed by atoms with van der Waals surface area (Å²) in [5.74, 6) is 1.28. The number of hydrogen-bond donors (Lipinski definition) is 4. The van der Waals surface area contributed by atoms with Crippen LogP contribution in [0.15, 0.2) is 60.8 Å². The quantitative estimate of drug-likeness (QED) is 0.0287. The monoisotopic (exact) mass is 1070 g/mol. The van der Waals surface area contributed by atoms with Crippen molar-refractivity contribution < 1.29 is 56.8 Å². The normalized spacial score (nSPS) is 22.0. The molecule has 5 fully saturated rings. The molecule has 3 aromatic carbocycles. The number of carbonyl (C=O) groups excluding carboxylic acids is 5. The van der Waals surface area contributed by atoms with Gasteiger partial charge in [-0.3, -0.25) is 39.3 Å². The van der Waals surface area contributed by atoms with Crippen LogP contribution < -0.4 is 30.3 Å². The lowest BCUT2D eigenvalue weighted by Crippen LogP contribution is -2.51. The van der Waals surface area contributed by atoms with Gasteiger partial charge < -0.3 is 44.4 Å². The first-order valence-electron chi connectivity index (χ1n) is 25.9. The predicted octanol–water partition coefficient (Wildman–Crippen LogP) is 4.79. The summed E-state index contributed by atoms with van der Waals surface area (Å²) >= 11 is 0. The highest BCUT2D eigenvalue weighted by Gasteiger charge is 2.51. The van der Waals surface area contributed by atoms with Gasteiger partial charge in [-0.15, -0.1) is 6.42 Å². The Morgan fingerprint density at radius 2 is 1.82 bits per heavy atom. The Labute approximate surface area is 451 Å². The number of hydrogen-bond acceptors (Lipinski definition) is 18. The van der Waals surface area contributed by atoms with Gasteiger partial charge in [-0.2, -0.15) is 9.97 Å². The highest BCUT2D eigenvalue weighted by molar-refractivity contribution is 6.03. The number of pyridine rings is 1. The number of halogens is 2. The van der Waals surface area contributed by atoms with Crippen molar-refractivity contribution >= 4 is 58.7 Å². The Morgan fingerprint density at radius 3 is 2.53 bits per heavy atom. The van der Waals surface area contributed by atoms with E-state index in [1.54, 1.807) is 18.2 Å². The number of piperidine rings is 1. The number of aromatic nitrogens is 3. The Balaban J connectivity index is 0.000000547. The lowest BCUT2D eigenvalue weighted by atomic mass is 9.94. The molecule has 0 radical (unpaired) electrons. The van der Waals surface area contributed by atoms with Gasteiger partial charge >= 0.3 is 6.01 Å².